The Balaban J connectivity index is 1.45. The van der Waals surface area contributed by atoms with Gasteiger partial charge in [0, 0.05) is 36.1 Å². The third-order valence-corrected chi connectivity index (χ3v) is 7.40. The van der Waals surface area contributed by atoms with E-state index in [1.807, 2.05) is 27.6 Å². The second-order valence-corrected chi connectivity index (χ2v) is 11.1. The summed E-state index contributed by atoms with van der Waals surface area (Å²) in [6.45, 7) is 8.98. The highest BCUT2D eigenvalue weighted by molar-refractivity contribution is 5.77. The summed E-state index contributed by atoms with van der Waals surface area (Å²) in [4.78, 5) is 27.8. The molecule has 3 aromatic heterocycles. The first-order valence-corrected chi connectivity index (χ1v) is 12.9. The Morgan fingerprint density at radius 3 is 2.75 bits per heavy atom. The third-order valence-electron chi connectivity index (χ3n) is 7.40. The SMILES string of the molecule is CC(C)(C)c1cccc(-n2c3nc(Nc4ccc5c(c4)CNCC5)ncc3c(=O)n2CC2CCC2)n1. The topological polar surface area (TPSA) is 89.7 Å². The van der Waals surface area contributed by atoms with Crippen LogP contribution in [-0.2, 0) is 24.9 Å². The first-order chi connectivity index (χ1) is 17.4. The number of anilines is 2. The van der Waals surface area contributed by atoms with Gasteiger partial charge in [-0.2, -0.15) is 4.98 Å². The molecule has 0 bridgehead atoms. The minimum absolute atomic E-state index is 0.0636. The molecule has 2 aliphatic rings. The second-order valence-electron chi connectivity index (χ2n) is 11.1. The molecular formula is C28H33N7O. The van der Waals surface area contributed by atoms with E-state index in [1.165, 1.54) is 17.5 Å². The van der Waals surface area contributed by atoms with Gasteiger partial charge in [-0.15, -0.1) is 0 Å². The zero-order valence-corrected chi connectivity index (χ0v) is 21.2. The summed E-state index contributed by atoms with van der Waals surface area (Å²) in [6.07, 6.45) is 6.21. The van der Waals surface area contributed by atoms with Crippen LogP contribution in [0.3, 0.4) is 0 Å². The van der Waals surface area contributed by atoms with E-state index in [-0.39, 0.29) is 11.0 Å². The van der Waals surface area contributed by atoms with Crippen LogP contribution in [0, 0.1) is 5.92 Å². The number of pyridine rings is 1. The van der Waals surface area contributed by atoms with Crippen molar-refractivity contribution in [3.63, 3.8) is 0 Å². The van der Waals surface area contributed by atoms with Crippen molar-refractivity contribution in [2.75, 3.05) is 11.9 Å². The standard InChI is InChI=1S/C28H33N7O/c1-28(2,3)23-8-5-9-24(32-23)35-25-22(26(36)34(35)17-18-6-4-7-18)16-30-27(33-25)31-21-11-10-19-12-13-29-15-20(19)14-21/h5,8-11,14,16,18,29H,4,6-7,12-13,15,17H2,1-3H3,(H,30,31,33). The van der Waals surface area contributed by atoms with Gasteiger partial charge in [0.25, 0.3) is 5.56 Å². The average Bonchev–Trinajstić information content (AvgIpc) is 3.11. The second kappa shape index (κ2) is 8.85. The molecule has 1 fully saturated rings. The Hall–Kier alpha value is -3.52. The molecule has 0 amide bonds. The molecule has 0 atom stereocenters. The van der Waals surface area contributed by atoms with Gasteiger partial charge in [-0.3, -0.25) is 4.79 Å². The molecule has 1 aromatic carbocycles. The largest absolute Gasteiger partial charge is 0.324 e. The van der Waals surface area contributed by atoms with Crippen LogP contribution in [0.5, 0.6) is 0 Å². The number of hydrogen-bond donors (Lipinski definition) is 2. The van der Waals surface area contributed by atoms with Gasteiger partial charge in [-0.05, 0) is 67.1 Å². The third kappa shape index (κ3) is 4.19. The molecule has 4 aromatic rings. The summed E-state index contributed by atoms with van der Waals surface area (Å²) in [5.74, 6) is 1.68. The highest BCUT2D eigenvalue weighted by atomic mass is 16.1. The Morgan fingerprint density at radius 1 is 1.11 bits per heavy atom. The summed E-state index contributed by atoms with van der Waals surface area (Å²) in [6, 6.07) is 12.4. The summed E-state index contributed by atoms with van der Waals surface area (Å²) < 4.78 is 3.71. The van der Waals surface area contributed by atoms with E-state index in [9.17, 15) is 4.79 Å². The van der Waals surface area contributed by atoms with E-state index < -0.39 is 0 Å². The van der Waals surface area contributed by atoms with Crippen molar-refractivity contribution >= 4 is 22.7 Å². The lowest BCUT2D eigenvalue weighted by molar-refractivity contribution is 0.257. The number of nitrogens with one attached hydrogen (secondary N) is 2. The number of benzene rings is 1. The summed E-state index contributed by atoms with van der Waals surface area (Å²) in [5.41, 5.74) is 4.98. The smallest absolute Gasteiger partial charge is 0.278 e. The summed E-state index contributed by atoms with van der Waals surface area (Å²) in [5, 5.41) is 7.29. The molecule has 0 spiro atoms. The van der Waals surface area contributed by atoms with Crippen molar-refractivity contribution < 1.29 is 0 Å². The van der Waals surface area contributed by atoms with E-state index in [0.717, 1.165) is 43.7 Å². The first-order valence-electron chi connectivity index (χ1n) is 12.9. The number of fused-ring (bicyclic) bond motifs is 2. The zero-order valence-electron chi connectivity index (χ0n) is 21.2. The van der Waals surface area contributed by atoms with Crippen molar-refractivity contribution in [1.82, 2.24) is 29.6 Å². The molecule has 8 heteroatoms. The van der Waals surface area contributed by atoms with Gasteiger partial charge in [-0.25, -0.2) is 19.3 Å². The molecule has 0 unspecified atom stereocenters. The van der Waals surface area contributed by atoms with E-state index in [4.69, 9.17) is 9.97 Å². The Labute approximate surface area is 210 Å². The highest BCUT2D eigenvalue weighted by Gasteiger charge is 2.25. The van der Waals surface area contributed by atoms with Gasteiger partial charge >= 0.3 is 0 Å². The van der Waals surface area contributed by atoms with Crippen LogP contribution < -0.4 is 16.2 Å². The van der Waals surface area contributed by atoms with Crippen LogP contribution >= 0.6 is 0 Å². The minimum atomic E-state index is -0.110. The molecule has 4 heterocycles. The molecule has 6 rings (SSSR count). The minimum Gasteiger partial charge on any atom is -0.324 e. The maximum atomic E-state index is 13.5. The molecule has 1 aliphatic carbocycles. The molecule has 2 N–H and O–H groups in total. The van der Waals surface area contributed by atoms with Gasteiger partial charge in [0.2, 0.25) is 5.95 Å². The van der Waals surface area contributed by atoms with E-state index in [0.29, 0.717) is 35.3 Å². The molecule has 0 radical (unpaired) electrons. The molecule has 1 aliphatic heterocycles. The van der Waals surface area contributed by atoms with Crippen molar-refractivity contribution in [1.29, 1.82) is 0 Å². The first kappa shape index (κ1) is 22.9. The van der Waals surface area contributed by atoms with Gasteiger partial charge < -0.3 is 10.6 Å². The van der Waals surface area contributed by atoms with E-state index >= 15 is 0 Å². The van der Waals surface area contributed by atoms with Crippen LogP contribution in [0.25, 0.3) is 16.9 Å². The predicted molar refractivity (Wildman–Crippen MR) is 142 cm³/mol. The molecule has 186 valence electrons. The van der Waals surface area contributed by atoms with Crippen LogP contribution in [0.4, 0.5) is 11.6 Å². The lowest BCUT2D eigenvalue weighted by atomic mass is 9.85. The average molecular weight is 484 g/mol. The van der Waals surface area contributed by atoms with Crippen LogP contribution in [0.15, 0.2) is 47.4 Å². The van der Waals surface area contributed by atoms with E-state index in [2.05, 4.69) is 54.6 Å². The zero-order chi connectivity index (χ0) is 24.9. The lowest BCUT2D eigenvalue weighted by Crippen LogP contribution is -2.29. The Kier molecular flexibility index (Phi) is 5.63. The molecule has 8 nitrogen and oxygen atoms in total. The quantitative estimate of drug-likeness (QED) is 0.436. The maximum absolute atomic E-state index is 13.5. The molecule has 0 saturated heterocycles. The molecule has 1 saturated carbocycles. The Bertz CT molecular complexity index is 1490. The summed E-state index contributed by atoms with van der Waals surface area (Å²) >= 11 is 0. The van der Waals surface area contributed by atoms with Crippen LogP contribution in [-0.4, -0.2) is 30.9 Å². The van der Waals surface area contributed by atoms with Crippen LogP contribution in [0.2, 0.25) is 0 Å². The Morgan fingerprint density at radius 2 is 1.97 bits per heavy atom. The fourth-order valence-electron chi connectivity index (χ4n) is 5.05. The molecule has 36 heavy (non-hydrogen) atoms. The van der Waals surface area contributed by atoms with Crippen molar-refractivity contribution in [2.24, 2.45) is 5.92 Å². The summed E-state index contributed by atoms with van der Waals surface area (Å²) in [7, 11) is 0. The van der Waals surface area contributed by atoms with Gasteiger partial charge in [0.15, 0.2) is 11.5 Å². The van der Waals surface area contributed by atoms with Crippen molar-refractivity contribution in [3.8, 4) is 5.82 Å². The number of hydrogen-bond acceptors (Lipinski definition) is 6. The fourth-order valence-corrected chi connectivity index (χ4v) is 5.05. The predicted octanol–water partition coefficient (Wildman–Crippen LogP) is 4.46. The highest BCUT2D eigenvalue weighted by Crippen LogP contribution is 2.29. The van der Waals surface area contributed by atoms with Crippen molar-refractivity contribution in [2.45, 2.75) is 65.0 Å². The van der Waals surface area contributed by atoms with E-state index in [1.54, 1.807) is 6.20 Å². The number of aromatic nitrogens is 5. The lowest BCUT2D eigenvalue weighted by Gasteiger charge is -2.26. The number of nitrogens with zero attached hydrogens (tertiary/aromatic N) is 5. The van der Waals surface area contributed by atoms with Gasteiger partial charge in [0.05, 0.1) is 0 Å². The monoisotopic (exact) mass is 483 g/mol. The van der Waals surface area contributed by atoms with Crippen molar-refractivity contribution in [3.05, 3.63) is 69.8 Å². The molecular weight excluding hydrogens is 450 g/mol. The normalized spacial score (nSPS) is 16.1. The van der Waals surface area contributed by atoms with Gasteiger partial charge in [-0.1, -0.05) is 39.3 Å². The number of rotatable bonds is 5. The van der Waals surface area contributed by atoms with Gasteiger partial charge in [0.1, 0.15) is 5.39 Å². The maximum Gasteiger partial charge on any atom is 0.278 e. The fraction of sp³-hybridized carbons (Fsp3) is 0.429. The van der Waals surface area contributed by atoms with Crippen LogP contribution in [0.1, 0.15) is 56.9 Å².